The van der Waals surface area contributed by atoms with E-state index in [4.69, 9.17) is 14.2 Å². The first-order valence-electron chi connectivity index (χ1n) is 5.51. The fourth-order valence-electron chi connectivity index (χ4n) is 1.91. The Labute approximate surface area is 99.8 Å². The van der Waals surface area contributed by atoms with Gasteiger partial charge >= 0.3 is 11.9 Å². The van der Waals surface area contributed by atoms with Gasteiger partial charge in [-0.2, -0.15) is 0 Å². The van der Waals surface area contributed by atoms with Crippen molar-refractivity contribution in [3.05, 3.63) is 0 Å². The van der Waals surface area contributed by atoms with Gasteiger partial charge in [-0.05, 0) is 13.8 Å². The summed E-state index contributed by atoms with van der Waals surface area (Å²) in [6.45, 7) is 5.86. The van der Waals surface area contributed by atoms with Gasteiger partial charge < -0.3 is 19.3 Å². The second-order valence-electron chi connectivity index (χ2n) is 4.19. The van der Waals surface area contributed by atoms with E-state index in [9.17, 15) is 14.7 Å². The Balaban J connectivity index is 2.86. The fourth-order valence-corrected chi connectivity index (χ4v) is 1.91. The van der Waals surface area contributed by atoms with E-state index in [0.717, 1.165) is 0 Å². The van der Waals surface area contributed by atoms with Crippen LogP contribution in [0.4, 0.5) is 0 Å². The van der Waals surface area contributed by atoms with Gasteiger partial charge in [0.25, 0.3) is 0 Å². The molecule has 6 nitrogen and oxygen atoms in total. The number of aliphatic hydroxyl groups excluding tert-OH is 1. The molecule has 1 aliphatic heterocycles. The van der Waals surface area contributed by atoms with Gasteiger partial charge in [0.2, 0.25) is 0 Å². The predicted octanol–water partition coefficient (Wildman–Crippen LogP) is 0.0179. The molecule has 1 fully saturated rings. The lowest BCUT2D eigenvalue weighted by Crippen LogP contribution is -2.58. The van der Waals surface area contributed by atoms with Crippen LogP contribution in [0.1, 0.15) is 27.7 Å². The van der Waals surface area contributed by atoms with E-state index in [1.165, 1.54) is 13.8 Å². The molecule has 0 amide bonds. The highest BCUT2D eigenvalue weighted by molar-refractivity contribution is 5.67. The molecule has 1 N–H and O–H groups in total. The zero-order valence-electron chi connectivity index (χ0n) is 10.4. The second kappa shape index (κ2) is 5.46. The maximum atomic E-state index is 11.0. The molecule has 17 heavy (non-hydrogen) atoms. The molecule has 1 rings (SSSR count). The van der Waals surface area contributed by atoms with E-state index in [1.807, 2.05) is 0 Å². The third kappa shape index (κ3) is 3.41. The van der Waals surface area contributed by atoms with Crippen LogP contribution >= 0.6 is 0 Å². The molecule has 0 aromatic heterocycles. The maximum absolute atomic E-state index is 11.0. The monoisotopic (exact) mass is 246 g/mol. The van der Waals surface area contributed by atoms with E-state index in [0.29, 0.717) is 0 Å². The summed E-state index contributed by atoms with van der Waals surface area (Å²) >= 11 is 0. The molecule has 0 bridgehead atoms. The van der Waals surface area contributed by atoms with E-state index >= 15 is 0 Å². The molecule has 1 aliphatic rings. The molecule has 1 saturated heterocycles. The van der Waals surface area contributed by atoms with Crippen molar-refractivity contribution in [3.63, 3.8) is 0 Å². The summed E-state index contributed by atoms with van der Waals surface area (Å²) < 4.78 is 15.5. The first kappa shape index (κ1) is 13.9. The largest absolute Gasteiger partial charge is 0.456 e. The van der Waals surface area contributed by atoms with Crippen LogP contribution < -0.4 is 0 Å². The molecule has 98 valence electrons. The standard InChI is InChI=1S/C11H18O6/c1-5-9(14)11(17-8(4)13)10(6(2)15-5)16-7(3)12/h5-6,9-11,14H,1-4H3/t5?,6-,9-,10-,11-/m0/s1. The van der Waals surface area contributed by atoms with Crippen LogP contribution in [0.2, 0.25) is 0 Å². The Kier molecular flexibility index (Phi) is 4.47. The van der Waals surface area contributed by atoms with Gasteiger partial charge in [-0.3, -0.25) is 9.59 Å². The third-order valence-electron chi connectivity index (χ3n) is 2.64. The number of hydrogen-bond donors (Lipinski definition) is 1. The van der Waals surface area contributed by atoms with Crippen molar-refractivity contribution >= 4 is 11.9 Å². The average molecular weight is 246 g/mol. The van der Waals surface area contributed by atoms with Gasteiger partial charge in [-0.1, -0.05) is 0 Å². The molecule has 0 saturated carbocycles. The van der Waals surface area contributed by atoms with E-state index in [2.05, 4.69) is 0 Å². The molecule has 5 atom stereocenters. The summed E-state index contributed by atoms with van der Waals surface area (Å²) in [5.74, 6) is -1.04. The molecule has 0 radical (unpaired) electrons. The van der Waals surface area contributed by atoms with Crippen molar-refractivity contribution in [2.45, 2.75) is 58.2 Å². The van der Waals surface area contributed by atoms with E-state index < -0.39 is 42.5 Å². The Bertz CT molecular complexity index is 302. The minimum absolute atomic E-state index is 0.443. The molecule has 6 heteroatoms. The Hall–Kier alpha value is -1.14. The topological polar surface area (TPSA) is 82.1 Å². The Morgan fingerprint density at radius 1 is 1.00 bits per heavy atom. The fraction of sp³-hybridized carbons (Fsp3) is 0.818. The van der Waals surface area contributed by atoms with Crippen LogP contribution in [0.3, 0.4) is 0 Å². The first-order chi connectivity index (χ1) is 7.82. The lowest BCUT2D eigenvalue weighted by Gasteiger charge is -2.41. The van der Waals surface area contributed by atoms with Crippen LogP contribution in [0, 0.1) is 0 Å². The second-order valence-corrected chi connectivity index (χ2v) is 4.19. The average Bonchev–Trinajstić information content (AvgIpc) is 2.19. The maximum Gasteiger partial charge on any atom is 0.303 e. The number of esters is 2. The van der Waals surface area contributed by atoms with Crippen LogP contribution in [-0.2, 0) is 23.8 Å². The number of carbonyl (C=O) groups is 2. The number of rotatable bonds is 2. The summed E-state index contributed by atoms with van der Waals surface area (Å²) in [4.78, 5) is 22.0. The molecule has 0 spiro atoms. The smallest absolute Gasteiger partial charge is 0.303 e. The van der Waals surface area contributed by atoms with Crippen molar-refractivity contribution in [2.24, 2.45) is 0 Å². The van der Waals surface area contributed by atoms with Gasteiger partial charge in [0.1, 0.15) is 6.10 Å². The summed E-state index contributed by atoms with van der Waals surface area (Å²) in [6, 6.07) is 0. The molecule has 0 aromatic rings. The van der Waals surface area contributed by atoms with Crippen LogP contribution in [0.15, 0.2) is 0 Å². The van der Waals surface area contributed by atoms with Gasteiger partial charge in [-0.15, -0.1) is 0 Å². The van der Waals surface area contributed by atoms with Gasteiger partial charge in [-0.25, -0.2) is 0 Å². The van der Waals surface area contributed by atoms with Gasteiger partial charge in [0.15, 0.2) is 12.2 Å². The number of hydrogen-bond acceptors (Lipinski definition) is 6. The van der Waals surface area contributed by atoms with Crippen molar-refractivity contribution < 1.29 is 28.9 Å². The van der Waals surface area contributed by atoms with E-state index in [1.54, 1.807) is 13.8 Å². The number of ether oxygens (including phenoxy) is 3. The zero-order chi connectivity index (χ0) is 13.2. The number of carbonyl (C=O) groups excluding carboxylic acids is 2. The van der Waals surface area contributed by atoms with Crippen LogP contribution in [-0.4, -0.2) is 47.6 Å². The van der Waals surface area contributed by atoms with Crippen molar-refractivity contribution in [1.29, 1.82) is 0 Å². The predicted molar refractivity (Wildman–Crippen MR) is 57.1 cm³/mol. The molecule has 1 heterocycles. The van der Waals surface area contributed by atoms with Gasteiger partial charge in [0.05, 0.1) is 12.2 Å². The van der Waals surface area contributed by atoms with E-state index in [-0.39, 0.29) is 0 Å². The molecule has 1 unspecified atom stereocenters. The van der Waals surface area contributed by atoms with Crippen LogP contribution in [0.25, 0.3) is 0 Å². The summed E-state index contributed by atoms with van der Waals surface area (Å²) in [6.07, 6.45) is -3.62. The van der Waals surface area contributed by atoms with Crippen LogP contribution in [0.5, 0.6) is 0 Å². The Morgan fingerprint density at radius 2 is 1.47 bits per heavy atom. The summed E-state index contributed by atoms with van der Waals surface area (Å²) in [7, 11) is 0. The third-order valence-corrected chi connectivity index (χ3v) is 2.64. The first-order valence-corrected chi connectivity index (χ1v) is 5.51. The highest BCUT2D eigenvalue weighted by Crippen LogP contribution is 2.25. The molecular weight excluding hydrogens is 228 g/mol. The highest BCUT2D eigenvalue weighted by atomic mass is 16.6. The lowest BCUT2D eigenvalue weighted by molar-refractivity contribution is -0.233. The lowest BCUT2D eigenvalue weighted by atomic mass is 9.96. The molecular formula is C11H18O6. The SMILES string of the molecule is CC(=O)O[C@@H]1[C@@H](OC(C)=O)[C@@H](O)C(C)O[C@H]1C. The normalized spacial score (nSPS) is 37.4. The summed E-state index contributed by atoms with van der Waals surface area (Å²) in [5.41, 5.74) is 0. The van der Waals surface area contributed by atoms with Crippen molar-refractivity contribution in [1.82, 2.24) is 0 Å². The molecule has 0 aromatic carbocycles. The minimum atomic E-state index is -1.01. The molecule has 0 aliphatic carbocycles. The quantitative estimate of drug-likeness (QED) is 0.691. The highest BCUT2D eigenvalue weighted by Gasteiger charge is 2.45. The Morgan fingerprint density at radius 3 is 1.94 bits per heavy atom. The van der Waals surface area contributed by atoms with Crippen molar-refractivity contribution in [2.75, 3.05) is 0 Å². The summed E-state index contributed by atoms with van der Waals surface area (Å²) in [5, 5.41) is 9.89. The van der Waals surface area contributed by atoms with Crippen molar-refractivity contribution in [3.8, 4) is 0 Å². The number of aliphatic hydroxyl groups is 1. The zero-order valence-corrected chi connectivity index (χ0v) is 10.4. The minimum Gasteiger partial charge on any atom is -0.456 e. The van der Waals surface area contributed by atoms with Gasteiger partial charge in [0, 0.05) is 13.8 Å².